The number of hydrogen-bond donors (Lipinski definition) is 0. The molecule has 1 aromatic carbocycles. The summed E-state index contributed by atoms with van der Waals surface area (Å²) in [5, 5.41) is 0. The molecule has 23 heavy (non-hydrogen) atoms. The molecule has 0 spiro atoms. The van der Waals surface area contributed by atoms with Crippen LogP contribution in [0, 0.1) is 0 Å². The van der Waals surface area contributed by atoms with Crippen LogP contribution in [0.2, 0.25) is 0 Å². The molecule has 1 heterocycles. The number of nitrogens with zero attached hydrogens (tertiary/aromatic N) is 3. The summed E-state index contributed by atoms with van der Waals surface area (Å²) in [4.78, 5) is 29.8. The Hall–Kier alpha value is -2.14. The number of carbonyl (C=O) groups excluding carboxylic acids is 2. The Balaban J connectivity index is 1.92. The molecular formula is C18H25N3O2. The number of benzene rings is 1. The van der Waals surface area contributed by atoms with Gasteiger partial charge in [0.15, 0.2) is 0 Å². The molecule has 5 heteroatoms. The van der Waals surface area contributed by atoms with Crippen molar-refractivity contribution in [3.05, 3.63) is 41.5 Å². The van der Waals surface area contributed by atoms with Crippen molar-refractivity contribution >= 4 is 17.9 Å². The fourth-order valence-electron chi connectivity index (χ4n) is 2.55. The Morgan fingerprint density at radius 1 is 1.09 bits per heavy atom. The molecule has 0 bridgehead atoms. The van der Waals surface area contributed by atoms with Gasteiger partial charge in [0.2, 0.25) is 5.91 Å². The van der Waals surface area contributed by atoms with Crippen LogP contribution in [-0.4, -0.2) is 73.3 Å². The van der Waals surface area contributed by atoms with Gasteiger partial charge in [-0.2, -0.15) is 0 Å². The molecular weight excluding hydrogens is 290 g/mol. The average molecular weight is 315 g/mol. The third-order valence-corrected chi connectivity index (χ3v) is 4.11. The first kappa shape index (κ1) is 17.2. The smallest absolute Gasteiger partial charge is 0.253 e. The highest BCUT2D eigenvalue weighted by Gasteiger charge is 2.18. The average Bonchev–Trinajstić information content (AvgIpc) is 2.59. The fourth-order valence-corrected chi connectivity index (χ4v) is 2.55. The zero-order chi connectivity index (χ0) is 16.8. The second-order valence-corrected chi connectivity index (χ2v) is 5.91. The lowest BCUT2D eigenvalue weighted by atomic mass is 10.1. The summed E-state index contributed by atoms with van der Waals surface area (Å²) in [5.41, 5.74) is 1.56. The molecule has 1 saturated heterocycles. The first-order chi connectivity index (χ1) is 11.0. The van der Waals surface area contributed by atoms with E-state index < -0.39 is 0 Å². The van der Waals surface area contributed by atoms with E-state index in [0.717, 1.165) is 38.3 Å². The standard InChI is InChI=1S/C18H25N3O2/c1-4-20-11-13-21(14-12-20)17(22)10-7-15-5-8-16(9-6-15)18(23)19(2)3/h5-10H,4,11-14H2,1-3H3/b10-7+. The highest BCUT2D eigenvalue weighted by Crippen LogP contribution is 2.09. The number of piperazine rings is 1. The van der Waals surface area contributed by atoms with Crippen molar-refractivity contribution in [3.8, 4) is 0 Å². The lowest BCUT2D eigenvalue weighted by Crippen LogP contribution is -2.48. The largest absolute Gasteiger partial charge is 0.345 e. The third-order valence-electron chi connectivity index (χ3n) is 4.11. The SMILES string of the molecule is CCN1CCN(C(=O)/C=C/c2ccc(C(=O)N(C)C)cc2)CC1. The van der Waals surface area contributed by atoms with Gasteiger partial charge in [0.05, 0.1) is 0 Å². The van der Waals surface area contributed by atoms with Crippen LogP contribution in [0.25, 0.3) is 6.08 Å². The molecule has 124 valence electrons. The summed E-state index contributed by atoms with van der Waals surface area (Å²) < 4.78 is 0. The van der Waals surface area contributed by atoms with Gasteiger partial charge >= 0.3 is 0 Å². The third kappa shape index (κ3) is 4.66. The van der Waals surface area contributed by atoms with Crippen LogP contribution in [0.1, 0.15) is 22.8 Å². The van der Waals surface area contributed by atoms with Crippen molar-refractivity contribution in [1.82, 2.24) is 14.7 Å². The monoisotopic (exact) mass is 315 g/mol. The Labute approximate surface area is 138 Å². The van der Waals surface area contributed by atoms with Crippen molar-refractivity contribution in [3.63, 3.8) is 0 Å². The normalized spacial score (nSPS) is 15.9. The first-order valence-corrected chi connectivity index (χ1v) is 8.02. The zero-order valence-corrected chi connectivity index (χ0v) is 14.2. The van der Waals surface area contributed by atoms with Gasteiger partial charge in [0, 0.05) is 51.9 Å². The predicted octanol–water partition coefficient (Wildman–Crippen LogP) is 1.57. The maximum Gasteiger partial charge on any atom is 0.253 e. The summed E-state index contributed by atoms with van der Waals surface area (Å²) in [7, 11) is 3.46. The molecule has 2 amide bonds. The Kier molecular flexibility index (Phi) is 5.93. The summed E-state index contributed by atoms with van der Waals surface area (Å²) in [5.74, 6) is 0.0274. The highest BCUT2D eigenvalue weighted by molar-refractivity contribution is 5.94. The van der Waals surface area contributed by atoms with Gasteiger partial charge in [-0.25, -0.2) is 0 Å². The summed E-state index contributed by atoms with van der Waals surface area (Å²) >= 11 is 0. The molecule has 0 radical (unpaired) electrons. The van der Waals surface area contributed by atoms with Gasteiger partial charge in [-0.3, -0.25) is 9.59 Å². The van der Waals surface area contributed by atoms with Crippen LogP contribution in [0.15, 0.2) is 30.3 Å². The van der Waals surface area contributed by atoms with E-state index in [9.17, 15) is 9.59 Å². The number of likely N-dealkylation sites (N-methyl/N-ethyl adjacent to an activating group) is 1. The molecule has 0 aromatic heterocycles. The fraction of sp³-hybridized carbons (Fsp3) is 0.444. The maximum atomic E-state index is 12.2. The number of hydrogen-bond acceptors (Lipinski definition) is 3. The lowest BCUT2D eigenvalue weighted by molar-refractivity contribution is -0.127. The molecule has 0 N–H and O–H groups in total. The minimum absolute atomic E-state index is 0.0228. The van der Waals surface area contributed by atoms with Gasteiger partial charge in [0.1, 0.15) is 0 Å². The van der Waals surface area contributed by atoms with Crippen molar-refractivity contribution in [1.29, 1.82) is 0 Å². The molecule has 0 saturated carbocycles. The summed E-state index contributed by atoms with van der Waals surface area (Å²) in [6.45, 7) is 6.63. The zero-order valence-electron chi connectivity index (χ0n) is 14.2. The molecule has 1 aliphatic heterocycles. The molecule has 0 atom stereocenters. The molecule has 2 rings (SSSR count). The van der Waals surface area contributed by atoms with Gasteiger partial charge in [0.25, 0.3) is 5.91 Å². The van der Waals surface area contributed by atoms with Crippen LogP contribution in [0.5, 0.6) is 0 Å². The van der Waals surface area contributed by atoms with Crippen LogP contribution in [-0.2, 0) is 4.79 Å². The second kappa shape index (κ2) is 7.92. The molecule has 0 aliphatic carbocycles. The van der Waals surface area contributed by atoms with Crippen molar-refractivity contribution in [2.45, 2.75) is 6.92 Å². The van der Waals surface area contributed by atoms with Crippen LogP contribution < -0.4 is 0 Å². The number of amides is 2. The van der Waals surface area contributed by atoms with E-state index in [1.807, 2.05) is 17.0 Å². The first-order valence-electron chi connectivity index (χ1n) is 8.02. The van der Waals surface area contributed by atoms with Crippen LogP contribution in [0.3, 0.4) is 0 Å². The molecule has 1 fully saturated rings. The quantitative estimate of drug-likeness (QED) is 0.792. The van der Waals surface area contributed by atoms with Crippen molar-refractivity contribution < 1.29 is 9.59 Å². The van der Waals surface area contributed by atoms with Gasteiger partial charge < -0.3 is 14.7 Å². The molecule has 0 unspecified atom stereocenters. The number of rotatable bonds is 4. The Bertz CT molecular complexity index is 570. The maximum absolute atomic E-state index is 12.2. The second-order valence-electron chi connectivity index (χ2n) is 5.91. The Morgan fingerprint density at radius 3 is 2.22 bits per heavy atom. The lowest BCUT2D eigenvalue weighted by Gasteiger charge is -2.33. The van der Waals surface area contributed by atoms with Crippen molar-refractivity contribution in [2.75, 3.05) is 46.8 Å². The molecule has 1 aromatic rings. The summed E-state index contributed by atoms with van der Waals surface area (Å²) in [6.07, 6.45) is 3.42. The van der Waals surface area contributed by atoms with E-state index in [1.54, 1.807) is 43.3 Å². The highest BCUT2D eigenvalue weighted by atomic mass is 16.2. The van der Waals surface area contributed by atoms with E-state index in [0.29, 0.717) is 5.56 Å². The molecule has 5 nitrogen and oxygen atoms in total. The predicted molar refractivity (Wildman–Crippen MR) is 92.2 cm³/mol. The van der Waals surface area contributed by atoms with Crippen molar-refractivity contribution in [2.24, 2.45) is 0 Å². The van der Waals surface area contributed by atoms with Crippen LogP contribution in [0.4, 0.5) is 0 Å². The van der Waals surface area contributed by atoms with E-state index in [-0.39, 0.29) is 11.8 Å². The van der Waals surface area contributed by atoms with E-state index >= 15 is 0 Å². The van der Waals surface area contributed by atoms with Crippen LogP contribution >= 0.6 is 0 Å². The van der Waals surface area contributed by atoms with Gasteiger partial charge in [-0.05, 0) is 30.3 Å². The van der Waals surface area contributed by atoms with E-state index in [2.05, 4.69) is 11.8 Å². The van der Waals surface area contributed by atoms with Gasteiger partial charge in [-0.15, -0.1) is 0 Å². The Morgan fingerprint density at radius 2 is 1.70 bits per heavy atom. The molecule has 1 aliphatic rings. The van der Waals surface area contributed by atoms with E-state index in [1.165, 1.54) is 0 Å². The minimum atomic E-state index is -0.0228. The minimum Gasteiger partial charge on any atom is -0.345 e. The topological polar surface area (TPSA) is 43.9 Å². The number of carbonyl (C=O) groups is 2. The summed E-state index contributed by atoms with van der Waals surface area (Å²) in [6, 6.07) is 7.28. The van der Waals surface area contributed by atoms with E-state index in [4.69, 9.17) is 0 Å². The van der Waals surface area contributed by atoms with Gasteiger partial charge in [-0.1, -0.05) is 19.1 Å².